The molecule has 1 atom stereocenters. The minimum absolute atomic E-state index is 0.0234. The van der Waals surface area contributed by atoms with Crippen molar-refractivity contribution in [1.29, 1.82) is 0 Å². The molecule has 2 N–H and O–H groups in total. The summed E-state index contributed by atoms with van der Waals surface area (Å²) in [6.07, 6.45) is 3.54. The predicted molar refractivity (Wildman–Crippen MR) is 116 cm³/mol. The molecule has 2 amide bonds. The Morgan fingerprint density at radius 1 is 1.09 bits per heavy atom. The average molecular weight is 442 g/mol. The Balaban J connectivity index is 0.000000913. The van der Waals surface area contributed by atoms with Gasteiger partial charge in [0, 0.05) is 25.7 Å². The van der Waals surface area contributed by atoms with Crippen LogP contribution < -0.4 is 0 Å². The fourth-order valence-corrected chi connectivity index (χ4v) is 4.67. The summed E-state index contributed by atoms with van der Waals surface area (Å²) < 4.78 is 14.3. The summed E-state index contributed by atoms with van der Waals surface area (Å²) >= 11 is 0. The minimum atomic E-state index is -0.879. The summed E-state index contributed by atoms with van der Waals surface area (Å²) in [4.78, 5) is 38.4. The van der Waals surface area contributed by atoms with E-state index in [2.05, 4.69) is 0 Å². The summed E-state index contributed by atoms with van der Waals surface area (Å²) in [5.74, 6) is -1.49. The normalized spacial score (nSPS) is 20.1. The second-order valence-corrected chi connectivity index (χ2v) is 7.99. The van der Waals surface area contributed by atoms with Gasteiger partial charge in [-0.15, -0.1) is 0 Å². The number of aromatic hydroxyl groups is 1. The van der Waals surface area contributed by atoms with E-state index in [-0.39, 0.29) is 23.7 Å². The average Bonchev–Trinajstić information content (AvgIpc) is 3.20. The number of amides is 2. The zero-order valence-electron chi connectivity index (χ0n) is 17.7. The third-order valence-electron chi connectivity index (χ3n) is 6.13. The molecule has 170 valence electrons. The van der Waals surface area contributed by atoms with Crippen LogP contribution >= 0.6 is 0 Å². The van der Waals surface area contributed by atoms with E-state index in [0.717, 1.165) is 25.3 Å². The number of phenols is 1. The number of hydrogen-bond acceptors (Lipinski definition) is 4. The van der Waals surface area contributed by atoms with Crippen LogP contribution in [0, 0.1) is 5.82 Å². The van der Waals surface area contributed by atoms with Crippen molar-refractivity contribution in [2.24, 2.45) is 0 Å². The maximum atomic E-state index is 14.3. The number of benzene rings is 2. The molecule has 2 aromatic carbocycles. The number of halogens is 1. The fourth-order valence-electron chi connectivity index (χ4n) is 4.67. The van der Waals surface area contributed by atoms with E-state index in [0.29, 0.717) is 32.5 Å². The van der Waals surface area contributed by atoms with Gasteiger partial charge in [0.05, 0.1) is 5.56 Å². The van der Waals surface area contributed by atoms with Gasteiger partial charge in [-0.1, -0.05) is 30.3 Å². The maximum Gasteiger partial charge on any atom is 0.290 e. The quantitative estimate of drug-likeness (QED) is 0.710. The number of hydrogen-bond donors (Lipinski definition) is 2. The molecule has 2 heterocycles. The number of piperidine rings is 1. The molecule has 1 spiro atoms. The molecule has 8 heteroatoms. The highest BCUT2D eigenvalue weighted by Gasteiger charge is 2.52. The van der Waals surface area contributed by atoms with Crippen LogP contribution in [0.5, 0.6) is 5.75 Å². The molecule has 2 aliphatic rings. The molecule has 2 fully saturated rings. The van der Waals surface area contributed by atoms with Crippen LogP contribution in [-0.4, -0.2) is 63.5 Å². The summed E-state index contributed by atoms with van der Waals surface area (Å²) in [6, 6.07) is 13.6. The summed E-state index contributed by atoms with van der Waals surface area (Å²) in [7, 11) is 0. The monoisotopic (exact) mass is 442 g/mol. The number of phenolic OH excluding ortho intramolecular Hbond substituents is 1. The Morgan fingerprint density at radius 2 is 1.75 bits per heavy atom. The maximum absolute atomic E-state index is 14.3. The van der Waals surface area contributed by atoms with Gasteiger partial charge in [-0.05, 0) is 49.8 Å². The van der Waals surface area contributed by atoms with Crippen LogP contribution in [0.3, 0.4) is 0 Å². The summed E-state index contributed by atoms with van der Waals surface area (Å²) in [5.41, 5.74) is 0.194. The number of carboxylic acid groups (broad SMARTS) is 1. The smallest absolute Gasteiger partial charge is 0.290 e. The van der Waals surface area contributed by atoms with Crippen LogP contribution in [0.1, 0.15) is 41.6 Å². The molecular formula is C24H27FN2O5. The highest BCUT2D eigenvalue weighted by molar-refractivity contribution is 6.00. The van der Waals surface area contributed by atoms with E-state index >= 15 is 0 Å². The Kier molecular flexibility index (Phi) is 7.45. The Morgan fingerprint density at radius 3 is 2.41 bits per heavy atom. The van der Waals surface area contributed by atoms with E-state index in [1.807, 2.05) is 35.2 Å². The SMILES string of the molecule is O=C(c1ccc(O)cc1F)N1CCCC12CCCN(CCc1ccccc1)C2=O.O=CO. The molecule has 32 heavy (non-hydrogen) atoms. The van der Waals surface area contributed by atoms with Crippen LogP contribution in [0.25, 0.3) is 0 Å². The second kappa shape index (κ2) is 10.3. The number of carbonyl (C=O) groups is 3. The van der Waals surface area contributed by atoms with Crippen LogP contribution in [0.2, 0.25) is 0 Å². The number of likely N-dealkylation sites (tertiary alicyclic amines) is 2. The Bertz CT molecular complexity index is 968. The van der Waals surface area contributed by atoms with E-state index in [4.69, 9.17) is 9.90 Å². The van der Waals surface area contributed by atoms with Gasteiger partial charge in [-0.3, -0.25) is 14.4 Å². The van der Waals surface area contributed by atoms with E-state index in [1.165, 1.54) is 17.7 Å². The summed E-state index contributed by atoms with van der Waals surface area (Å²) in [6.45, 7) is 1.49. The molecule has 0 aromatic heterocycles. The molecular weight excluding hydrogens is 415 g/mol. The molecule has 1 unspecified atom stereocenters. The standard InChI is InChI=1S/C23H25FN2O3.CH2O2/c24-20-16-18(27)8-9-19(20)21(28)26-14-5-12-23(26)11-4-13-25(22(23)29)15-10-17-6-2-1-3-7-17;2-1-3/h1-3,6-9,16,27H,4-5,10-15H2;1H,(H,2,3). The molecule has 0 saturated carbocycles. The first-order valence-corrected chi connectivity index (χ1v) is 10.6. The number of rotatable bonds is 4. The van der Waals surface area contributed by atoms with Crippen molar-refractivity contribution < 1.29 is 29.0 Å². The fraction of sp³-hybridized carbons (Fsp3) is 0.375. The molecule has 2 saturated heterocycles. The molecule has 0 radical (unpaired) electrons. The lowest BCUT2D eigenvalue weighted by Gasteiger charge is -2.44. The summed E-state index contributed by atoms with van der Waals surface area (Å²) in [5, 5.41) is 16.3. The molecule has 2 aliphatic heterocycles. The zero-order valence-corrected chi connectivity index (χ0v) is 17.7. The van der Waals surface area contributed by atoms with E-state index in [1.54, 1.807) is 4.90 Å². The third kappa shape index (κ3) is 4.74. The lowest BCUT2D eigenvalue weighted by molar-refractivity contribution is -0.145. The van der Waals surface area contributed by atoms with Gasteiger partial charge in [-0.25, -0.2) is 4.39 Å². The Labute approximate surface area is 186 Å². The highest BCUT2D eigenvalue weighted by atomic mass is 19.1. The van der Waals surface area contributed by atoms with Gasteiger partial charge in [0.2, 0.25) is 5.91 Å². The third-order valence-corrected chi connectivity index (χ3v) is 6.13. The largest absolute Gasteiger partial charge is 0.508 e. The first kappa shape index (κ1) is 23.2. The van der Waals surface area contributed by atoms with Crippen LogP contribution in [0.4, 0.5) is 4.39 Å². The Hall–Kier alpha value is -3.42. The molecule has 2 aromatic rings. The molecule has 0 aliphatic carbocycles. The highest BCUT2D eigenvalue weighted by Crippen LogP contribution is 2.39. The second-order valence-electron chi connectivity index (χ2n) is 7.99. The number of carbonyl (C=O) groups excluding carboxylic acids is 2. The molecule has 7 nitrogen and oxygen atoms in total. The van der Waals surface area contributed by atoms with Crippen molar-refractivity contribution in [2.75, 3.05) is 19.6 Å². The van der Waals surface area contributed by atoms with Crippen LogP contribution in [-0.2, 0) is 16.0 Å². The van der Waals surface area contributed by atoms with Crippen molar-refractivity contribution in [2.45, 2.75) is 37.6 Å². The van der Waals surface area contributed by atoms with Crippen LogP contribution in [0.15, 0.2) is 48.5 Å². The molecule has 4 rings (SSSR count). The number of nitrogens with zero attached hydrogens (tertiary/aromatic N) is 2. The zero-order chi connectivity index (χ0) is 23.1. The van der Waals surface area contributed by atoms with Crippen molar-refractivity contribution in [3.63, 3.8) is 0 Å². The van der Waals surface area contributed by atoms with E-state index < -0.39 is 17.3 Å². The lowest BCUT2D eigenvalue weighted by atomic mass is 9.84. The topological polar surface area (TPSA) is 98.2 Å². The van der Waals surface area contributed by atoms with E-state index in [9.17, 15) is 19.1 Å². The van der Waals surface area contributed by atoms with Crippen molar-refractivity contribution in [1.82, 2.24) is 9.80 Å². The first-order chi connectivity index (χ1) is 15.4. The predicted octanol–water partition coefficient (Wildman–Crippen LogP) is 3.07. The van der Waals surface area contributed by atoms with Crippen molar-refractivity contribution in [3.8, 4) is 5.75 Å². The van der Waals surface area contributed by atoms with Gasteiger partial charge >= 0.3 is 0 Å². The lowest BCUT2D eigenvalue weighted by Crippen LogP contribution is -2.61. The van der Waals surface area contributed by atoms with Crippen molar-refractivity contribution >= 4 is 18.3 Å². The van der Waals surface area contributed by atoms with Gasteiger partial charge in [0.25, 0.3) is 12.4 Å². The van der Waals surface area contributed by atoms with Crippen molar-refractivity contribution in [3.05, 3.63) is 65.5 Å². The first-order valence-electron chi connectivity index (χ1n) is 10.6. The minimum Gasteiger partial charge on any atom is -0.508 e. The van der Waals surface area contributed by atoms with Gasteiger partial charge in [0.1, 0.15) is 17.1 Å². The van der Waals surface area contributed by atoms with Gasteiger partial charge in [-0.2, -0.15) is 0 Å². The molecule has 0 bridgehead atoms. The van der Waals surface area contributed by atoms with Gasteiger partial charge in [0.15, 0.2) is 0 Å². The van der Waals surface area contributed by atoms with Gasteiger partial charge < -0.3 is 20.0 Å².